The Morgan fingerprint density at radius 1 is 1.30 bits per heavy atom. The van der Waals surface area contributed by atoms with Gasteiger partial charge in [0.1, 0.15) is 12.7 Å². The number of fused-ring (bicyclic) bond motifs is 1. The molecule has 23 heavy (non-hydrogen) atoms. The first-order valence-electron chi connectivity index (χ1n) is 8.47. The minimum Gasteiger partial charge on any atom is -0.342 e. The number of hydrogen-bond acceptors (Lipinski definition) is 4. The second-order valence-electron chi connectivity index (χ2n) is 6.48. The molecule has 7 heteroatoms. The molecule has 0 spiro atoms. The van der Waals surface area contributed by atoms with Gasteiger partial charge in [-0.05, 0) is 31.2 Å². The zero-order chi connectivity index (χ0) is 15.6. The Balaban J connectivity index is 1.31. The maximum Gasteiger partial charge on any atom is 0.222 e. The van der Waals surface area contributed by atoms with Crippen molar-refractivity contribution in [3.8, 4) is 0 Å². The summed E-state index contributed by atoms with van der Waals surface area (Å²) < 4.78 is 1.77. The predicted octanol–water partition coefficient (Wildman–Crippen LogP) is 1.29. The summed E-state index contributed by atoms with van der Waals surface area (Å²) in [4.78, 5) is 18.4. The molecule has 2 aliphatic rings. The molecule has 1 amide bonds. The van der Waals surface area contributed by atoms with E-state index < -0.39 is 0 Å². The van der Waals surface area contributed by atoms with Crippen LogP contribution in [0.4, 0.5) is 0 Å². The van der Waals surface area contributed by atoms with E-state index in [-0.39, 0.29) is 5.91 Å². The molecule has 0 unspecified atom stereocenters. The summed E-state index contributed by atoms with van der Waals surface area (Å²) in [5.41, 5.74) is 3.88. The van der Waals surface area contributed by atoms with Crippen LogP contribution < -0.4 is 0 Å². The average Bonchev–Trinajstić information content (AvgIpc) is 3.19. The smallest absolute Gasteiger partial charge is 0.222 e. The molecule has 0 bridgehead atoms. The Bertz CT molecular complexity index is 673. The van der Waals surface area contributed by atoms with Crippen molar-refractivity contribution in [1.29, 1.82) is 0 Å². The van der Waals surface area contributed by atoms with Crippen LogP contribution in [0.25, 0.3) is 0 Å². The van der Waals surface area contributed by atoms with Crippen molar-refractivity contribution < 1.29 is 4.79 Å². The number of nitrogens with zero attached hydrogens (tertiary/aromatic N) is 5. The van der Waals surface area contributed by atoms with Crippen LogP contribution >= 0.6 is 0 Å². The number of nitrogens with one attached hydrogen (secondary N) is 1. The van der Waals surface area contributed by atoms with Crippen LogP contribution in [-0.4, -0.2) is 48.9 Å². The van der Waals surface area contributed by atoms with Gasteiger partial charge in [0.15, 0.2) is 0 Å². The van der Waals surface area contributed by atoms with E-state index in [4.69, 9.17) is 0 Å². The van der Waals surface area contributed by atoms with Crippen molar-refractivity contribution in [2.45, 2.75) is 51.0 Å². The summed E-state index contributed by atoms with van der Waals surface area (Å²) in [6.45, 7) is 2.35. The molecular formula is C16H22N6O. The fourth-order valence-corrected chi connectivity index (χ4v) is 3.35. The molecule has 1 saturated carbocycles. The number of H-pyrrole nitrogens is 1. The van der Waals surface area contributed by atoms with E-state index in [0.717, 1.165) is 38.9 Å². The van der Waals surface area contributed by atoms with Gasteiger partial charge in [-0.15, -0.1) is 0 Å². The maximum absolute atomic E-state index is 12.4. The first-order chi connectivity index (χ1) is 11.3. The zero-order valence-electron chi connectivity index (χ0n) is 13.2. The SMILES string of the molecule is O=C(CCCn1cncn1)N1CCc2[nH]nc(C3CC3)c2CC1. The van der Waals surface area contributed by atoms with E-state index in [2.05, 4.69) is 20.3 Å². The molecular weight excluding hydrogens is 292 g/mol. The average molecular weight is 314 g/mol. The van der Waals surface area contributed by atoms with E-state index in [1.807, 2.05) is 4.90 Å². The Hall–Kier alpha value is -2.18. The van der Waals surface area contributed by atoms with Crippen LogP contribution in [0.5, 0.6) is 0 Å². The lowest BCUT2D eigenvalue weighted by atomic mass is 10.1. The minimum atomic E-state index is 0.246. The first kappa shape index (κ1) is 14.4. The monoisotopic (exact) mass is 314 g/mol. The van der Waals surface area contributed by atoms with Crippen molar-refractivity contribution in [3.63, 3.8) is 0 Å². The van der Waals surface area contributed by atoms with Crippen LogP contribution in [0.1, 0.15) is 48.6 Å². The summed E-state index contributed by atoms with van der Waals surface area (Å²) in [7, 11) is 0. The number of amides is 1. The molecule has 4 rings (SSSR count). The molecule has 3 heterocycles. The van der Waals surface area contributed by atoms with E-state index in [9.17, 15) is 4.79 Å². The second-order valence-corrected chi connectivity index (χ2v) is 6.48. The number of rotatable bonds is 5. The van der Waals surface area contributed by atoms with Crippen molar-refractivity contribution >= 4 is 5.91 Å². The Labute approximate surface area is 135 Å². The van der Waals surface area contributed by atoms with Gasteiger partial charge in [0, 0.05) is 44.1 Å². The molecule has 1 aliphatic heterocycles. The Morgan fingerprint density at radius 2 is 2.17 bits per heavy atom. The van der Waals surface area contributed by atoms with Gasteiger partial charge in [0.2, 0.25) is 5.91 Å². The van der Waals surface area contributed by atoms with Crippen LogP contribution in [-0.2, 0) is 24.2 Å². The summed E-state index contributed by atoms with van der Waals surface area (Å²) in [6.07, 6.45) is 8.95. The van der Waals surface area contributed by atoms with E-state index in [1.54, 1.807) is 11.0 Å². The summed E-state index contributed by atoms with van der Waals surface area (Å²) in [5, 5.41) is 11.8. The largest absolute Gasteiger partial charge is 0.342 e. The number of aromatic nitrogens is 5. The highest BCUT2D eigenvalue weighted by Crippen LogP contribution is 2.41. The topological polar surface area (TPSA) is 79.7 Å². The Kier molecular flexibility index (Phi) is 3.85. The third kappa shape index (κ3) is 3.13. The van der Waals surface area contributed by atoms with E-state index in [1.165, 1.54) is 36.1 Å². The van der Waals surface area contributed by atoms with Gasteiger partial charge in [-0.3, -0.25) is 14.6 Å². The summed E-state index contributed by atoms with van der Waals surface area (Å²) in [5.74, 6) is 0.913. The highest BCUT2D eigenvalue weighted by Gasteiger charge is 2.31. The molecule has 1 fully saturated rings. The quantitative estimate of drug-likeness (QED) is 0.902. The molecule has 7 nitrogen and oxygen atoms in total. The molecule has 122 valence electrons. The molecule has 0 saturated heterocycles. The molecule has 1 aliphatic carbocycles. The minimum absolute atomic E-state index is 0.246. The molecule has 2 aromatic heterocycles. The van der Waals surface area contributed by atoms with Gasteiger partial charge in [0.25, 0.3) is 0 Å². The van der Waals surface area contributed by atoms with Crippen LogP contribution in [0.15, 0.2) is 12.7 Å². The fraction of sp³-hybridized carbons (Fsp3) is 0.625. The van der Waals surface area contributed by atoms with Crippen molar-refractivity contribution in [2.75, 3.05) is 13.1 Å². The van der Waals surface area contributed by atoms with Crippen LogP contribution in [0, 0.1) is 0 Å². The summed E-state index contributed by atoms with van der Waals surface area (Å²) in [6, 6.07) is 0. The van der Waals surface area contributed by atoms with Gasteiger partial charge < -0.3 is 4.90 Å². The van der Waals surface area contributed by atoms with Crippen LogP contribution in [0.2, 0.25) is 0 Å². The Morgan fingerprint density at radius 3 is 2.96 bits per heavy atom. The van der Waals surface area contributed by atoms with Gasteiger partial charge in [-0.2, -0.15) is 10.2 Å². The molecule has 1 N–H and O–H groups in total. The summed E-state index contributed by atoms with van der Waals surface area (Å²) >= 11 is 0. The van der Waals surface area contributed by atoms with E-state index >= 15 is 0 Å². The first-order valence-corrected chi connectivity index (χ1v) is 8.47. The van der Waals surface area contributed by atoms with Gasteiger partial charge >= 0.3 is 0 Å². The van der Waals surface area contributed by atoms with Crippen molar-refractivity contribution in [3.05, 3.63) is 29.6 Å². The van der Waals surface area contributed by atoms with Crippen molar-refractivity contribution in [2.24, 2.45) is 0 Å². The lowest BCUT2D eigenvalue weighted by Crippen LogP contribution is -2.33. The van der Waals surface area contributed by atoms with Gasteiger partial charge in [-0.1, -0.05) is 0 Å². The standard InChI is InChI=1S/C16H22N6O/c23-15(2-1-7-22-11-17-10-18-22)21-8-5-13-14(6-9-21)19-20-16(13)12-3-4-12/h10-12H,1-9H2,(H,19,20). The highest BCUT2D eigenvalue weighted by atomic mass is 16.2. The lowest BCUT2D eigenvalue weighted by Gasteiger charge is -2.20. The normalized spacial score (nSPS) is 17.8. The lowest BCUT2D eigenvalue weighted by molar-refractivity contribution is -0.131. The third-order valence-corrected chi connectivity index (χ3v) is 4.81. The highest BCUT2D eigenvalue weighted by molar-refractivity contribution is 5.76. The predicted molar refractivity (Wildman–Crippen MR) is 83.8 cm³/mol. The number of carbonyl (C=O) groups is 1. The fourth-order valence-electron chi connectivity index (χ4n) is 3.35. The zero-order valence-corrected chi connectivity index (χ0v) is 13.2. The number of aromatic amines is 1. The second kappa shape index (κ2) is 6.14. The number of aryl methyl sites for hydroxylation is 1. The molecule has 0 radical (unpaired) electrons. The van der Waals surface area contributed by atoms with E-state index in [0.29, 0.717) is 12.3 Å². The maximum atomic E-state index is 12.4. The van der Waals surface area contributed by atoms with Gasteiger partial charge in [-0.25, -0.2) is 4.98 Å². The third-order valence-electron chi connectivity index (χ3n) is 4.81. The molecule has 0 aromatic carbocycles. The molecule has 2 aromatic rings. The number of carbonyl (C=O) groups excluding carboxylic acids is 1. The van der Waals surface area contributed by atoms with Crippen LogP contribution in [0.3, 0.4) is 0 Å². The number of hydrogen-bond donors (Lipinski definition) is 1. The molecule has 0 atom stereocenters. The van der Waals surface area contributed by atoms with Gasteiger partial charge in [0.05, 0.1) is 5.69 Å². The van der Waals surface area contributed by atoms with Crippen molar-refractivity contribution in [1.82, 2.24) is 29.9 Å².